The first-order chi connectivity index (χ1) is 12.3. The second-order valence-electron chi connectivity index (χ2n) is 8.30. The summed E-state index contributed by atoms with van der Waals surface area (Å²) in [6.07, 6.45) is 1.50. The largest absolute Gasteiger partial charge is 0.352 e. The van der Waals surface area contributed by atoms with E-state index in [1.165, 1.54) is 0 Å². The van der Waals surface area contributed by atoms with Crippen molar-refractivity contribution >= 4 is 11.7 Å². The van der Waals surface area contributed by atoms with Gasteiger partial charge in [0.15, 0.2) is 5.78 Å². The standard InChI is InChI=1S/C21H33N3O2/c1-21(2,3)20(26)22-16-17-7-9-18(10-8-17)19(25)6-5-11-24-14-12-23(4)13-15-24/h7-10H,5-6,11-16H2,1-4H3,(H,22,26). The fourth-order valence-electron chi connectivity index (χ4n) is 2.94. The number of rotatable bonds is 7. The smallest absolute Gasteiger partial charge is 0.225 e. The molecule has 5 heteroatoms. The Morgan fingerprint density at radius 3 is 2.23 bits per heavy atom. The van der Waals surface area contributed by atoms with Crippen molar-refractivity contribution < 1.29 is 9.59 Å². The van der Waals surface area contributed by atoms with Gasteiger partial charge in [-0.25, -0.2) is 0 Å². The number of nitrogens with one attached hydrogen (secondary N) is 1. The van der Waals surface area contributed by atoms with Crippen LogP contribution in [0.5, 0.6) is 0 Å². The van der Waals surface area contributed by atoms with Crippen LogP contribution in [-0.4, -0.2) is 61.3 Å². The Morgan fingerprint density at radius 2 is 1.65 bits per heavy atom. The Labute approximate surface area is 157 Å². The average Bonchev–Trinajstić information content (AvgIpc) is 2.61. The number of hydrogen-bond acceptors (Lipinski definition) is 4. The molecular weight excluding hydrogens is 326 g/mol. The first-order valence-electron chi connectivity index (χ1n) is 9.57. The number of nitrogens with zero attached hydrogens (tertiary/aromatic N) is 2. The van der Waals surface area contributed by atoms with Crippen LogP contribution in [0.15, 0.2) is 24.3 Å². The summed E-state index contributed by atoms with van der Waals surface area (Å²) in [4.78, 5) is 29.0. The first-order valence-corrected chi connectivity index (χ1v) is 9.57. The third kappa shape index (κ3) is 6.54. The monoisotopic (exact) mass is 359 g/mol. The van der Waals surface area contributed by atoms with Gasteiger partial charge >= 0.3 is 0 Å². The number of carbonyl (C=O) groups is 2. The van der Waals surface area contributed by atoms with Crippen LogP contribution in [-0.2, 0) is 11.3 Å². The van der Waals surface area contributed by atoms with Gasteiger partial charge < -0.3 is 15.1 Å². The second kappa shape index (κ2) is 9.28. The van der Waals surface area contributed by atoms with Crippen LogP contribution in [0.1, 0.15) is 49.5 Å². The maximum absolute atomic E-state index is 12.4. The summed E-state index contributed by atoms with van der Waals surface area (Å²) in [7, 11) is 2.15. The van der Waals surface area contributed by atoms with Crippen LogP contribution in [0.4, 0.5) is 0 Å². The van der Waals surface area contributed by atoms with Gasteiger partial charge in [0, 0.05) is 50.1 Å². The van der Waals surface area contributed by atoms with Gasteiger partial charge in [-0.15, -0.1) is 0 Å². The van der Waals surface area contributed by atoms with E-state index >= 15 is 0 Å². The third-order valence-electron chi connectivity index (χ3n) is 4.88. The van der Waals surface area contributed by atoms with Crippen molar-refractivity contribution in [3.05, 3.63) is 35.4 Å². The van der Waals surface area contributed by atoms with Crippen LogP contribution >= 0.6 is 0 Å². The van der Waals surface area contributed by atoms with E-state index in [2.05, 4.69) is 22.2 Å². The van der Waals surface area contributed by atoms with Crippen molar-refractivity contribution in [2.45, 2.75) is 40.2 Å². The zero-order chi connectivity index (χ0) is 19.2. The predicted molar refractivity (Wildman–Crippen MR) is 105 cm³/mol. The normalized spacial score (nSPS) is 16.5. The van der Waals surface area contributed by atoms with Gasteiger partial charge in [-0.2, -0.15) is 0 Å². The quantitative estimate of drug-likeness (QED) is 0.760. The molecule has 0 aliphatic carbocycles. The summed E-state index contributed by atoms with van der Waals surface area (Å²) < 4.78 is 0. The zero-order valence-corrected chi connectivity index (χ0v) is 16.7. The molecule has 1 aromatic carbocycles. The minimum atomic E-state index is -0.389. The van der Waals surface area contributed by atoms with Crippen molar-refractivity contribution in [3.63, 3.8) is 0 Å². The minimum Gasteiger partial charge on any atom is -0.352 e. The lowest BCUT2D eigenvalue weighted by atomic mass is 9.95. The Hall–Kier alpha value is -1.72. The van der Waals surface area contributed by atoms with Gasteiger partial charge in [-0.05, 0) is 25.6 Å². The first kappa shape index (κ1) is 20.6. The Kier molecular flexibility index (Phi) is 7.35. The molecule has 2 rings (SSSR count). The topological polar surface area (TPSA) is 52.6 Å². The fourth-order valence-corrected chi connectivity index (χ4v) is 2.94. The maximum atomic E-state index is 12.4. The molecule has 1 N–H and O–H groups in total. The summed E-state index contributed by atoms with van der Waals surface area (Å²) in [5.41, 5.74) is 1.38. The number of ketones is 1. The van der Waals surface area contributed by atoms with E-state index in [0.717, 1.165) is 50.3 Å². The van der Waals surface area contributed by atoms with Crippen LogP contribution in [0.25, 0.3) is 0 Å². The highest BCUT2D eigenvalue weighted by Gasteiger charge is 2.20. The molecule has 1 heterocycles. The number of benzene rings is 1. The molecule has 0 saturated carbocycles. The number of likely N-dealkylation sites (N-methyl/N-ethyl adjacent to an activating group) is 1. The highest BCUT2D eigenvalue weighted by Crippen LogP contribution is 2.14. The molecule has 144 valence electrons. The SMILES string of the molecule is CN1CCN(CCCC(=O)c2ccc(CNC(=O)C(C)(C)C)cc2)CC1. The molecule has 1 saturated heterocycles. The Bertz CT molecular complexity index is 597. The molecular formula is C21H33N3O2. The Balaban J connectivity index is 1.73. The van der Waals surface area contributed by atoms with Crippen molar-refractivity contribution in [3.8, 4) is 0 Å². The summed E-state index contributed by atoms with van der Waals surface area (Å²) in [6.45, 7) is 11.6. The van der Waals surface area contributed by atoms with Crippen LogP contribution in [0, 0.1) is 5.41 Å². The van der Waals surface area contributed by atoms with Gasteiger partial charge in [0.05, 0.1) is 0 Å². The van der Waals surface area contributed by atoms with E-state index < -0.39 is 0 Å². The van der Waals surface area contributed by atoms with Gasteiger partial charge in [0.25, 0.3) is 0 Å². The second-order valence-corrected chi connectivity index (χ2v) is 8.30. The highest BCUT2D eigenvalue weighted by molar-refractivity contribution is 5.96. The van der Waals surface area contributed by atoms with E-state index in [0.29, 0.717) is 13.0 Å². The molecule has 1 amide bonds. The highest BCUT2D eigenvalue weighted by atomic mass is 16.2. The third-order valence-corrected chi connectivity index (χ3v) is 4.88. The van der Waals surface area contributed by atoms with Crippen molar-refractivity contribution in [1.82, 2.24) is 15.1 Å². The van der Waals surface area contributed by atoms with Gasteiger partial charge in [-0.3, -0.25) is 9.59 Å². The molecule has 0 bridgehead atoms. The van der Waals surface area contributed by atoms with E-state index in [1.54, 1.807) is 0 Å². The number of hydrogen-bond donors (Lipinski definition) is 1. The molecule has 26 heavy (non-hydrogen) atoms. The molecule has 0 spiro atoms. The summed E-state index contributed by atoms with van der Waals surface area (Å²) in [6, 6.07) is 7.60. The minimum absolute atomic E-state index is 0.0292. The lowest BCUT2D eigenvalue weighted by Crippen LogP contribution is -2.44. The lowest BCUT2D eigenvalue weighted by molar-refractivity contribution is -0.128. The molecule has 1 fully saturated rings. The van der Waals surface area contributed by atoms with Crippen LogP contribution in [0.2, 0.25) is 0 Å². The molecule has 0 radical (unpaired) electrons. The maximum Gasteiger partial charge on any atom is 0.225 e. The van der Waals surface area contributed by atoms with Crippen molar-refractivity contribution in [1.29, 1.82) is 0 Å². The van der Waals surface area contributed by atoms with E-state index in [1.807, 2.05) is 45.0 Å². The lowest BCUT2D eigenvalue weighted by Gasteiger charge is -2.32. The summed E-state index contributed by atoms with van der Waals surface area (Å²) in [5, 5.41) is 2.93. The molecule has 1 aromatic rings. The summed E-state index contributed by atoms with van der Waals surface area (Å²) in [5.74, 6) is 0.228. The predicted octanol–water partition coefficient (Wildman–Crippen LogP) is 2.56. The molecule has 1 aliphatic heterocycles. The molecule has 0 unspecified atom stereocenters. The molecule has 0 atom stereocenters. The zero-order valence-electron chi connectivity index (χ0n) is 16.7. The molecule has 0 aromatic heterocycles. The number of carbonyl (C=O) groups excluding carboxylic acids is 2. The molecule has 1 aliphatic rings. The fraction of sp³-hybridized carbons (Fsp3) is 0.619. The Morgan fingerprint density at radius 1 is 1.04 bits per heavy atom. The van der Waals surface area contributed by atoms with Crippen LogP contribution in [0.3, 0.4) is 0 Å². The van der Waals surface area contributed by atoms with Crippen molar-refractivity contribution in [2.24, 2.45) is 5.41 Å². The van der Waals surface area contributed by atoms with Crippen molar-refractivity contribution in [2.75, 3.05) is 39.8 Å². The van der Waals surface area contributed by atoms with E-state index in [-0.39, 0.29) is 17.1 Å². The summed E-state index contributed by atoms with van der Waals surface area (Å²) >= 11 is 0. The number of Topliss-reactive ketones (excluding diaryl/α,β-unsaturated/α-hetero) is 1. The van der Waals surface area contributed by atoms with E-state index in [4.69, 9.17) is 0 Å². The van der Waals surface area contributed by atoms with Gasteiger partial charge in [0.2, 0.25) is 5.91 Å². The van der Waals surface area contributed by atoms with Crippen LogP contribution < -0.4 is 5.32 Å². The average molecular weight is 360 g/mol. The van der Waals surface area contributed by atoms with Gasteiger partial charge in [0.1, 0.15) is 0 Å². The number of piperazine rings is 1. The van der Waals surface area contributed by atoms with Gasteiger partial charge in [-0.1, -0.05) is 45.0 Å². The van der Waals surface area contributed by atoms with E-state index in [9.17, 15) is 9.59 Å². The number of amides is 1. The molecule has 5 nitrogen and oxygen atoms in total.